The quantitative estimate of drug-likeness (QED) is 0.917. The van der Waals surface area contributed by atoms with Gasteiger partial charge in [0, 0.05) is 31.1 Å². The fraction of sp³-hybridized carbons (Fsp3) is 0.333. The van der Waals surface area contributed by atoms with Crippen LogP contribution in [0.25, 0.3) is 0 Å². The molecule has 120 valence electrons. The number of aromatic carboxylic acids is 1. The van der Waals surface area contributed by atoms with Crippen molar-refractivity contribution in [1.82, 2.24) is 14.9 Å². The molecule has 2 aromatic heterocycles. The molecular weight excluding hydrogens is 316 g/mol. The fourth-order valence-electron chi connectivity index (χ4n) is 2.44. The lowest BCUT2D eigenvalue weighted by atomic mass is 10.3. The van der Waals surface area contributed by atoms with E-state index in [0.717, 1.165) is 9.75 Å². The molecule has 23 heavy (non-hydrogen) atoms. The predicted octanol–water partition coefficient (Wildman–Crippen LogP) is 1.51. The Hall–Kier alpha value is -2.48. The number of thiophene rings is 1. The van der Waals surface area contributed by atoms with Crippen LogP contribution in [-0.4, -0.2) is 58.0 Å². The van der Waals surface area contributed by atoms with Crippen molar-refractivity contribution in [2.75, 3.05) is 31.1 Å². The van der Waals surface area contributed by atoms with Gasteiger partial charge in [0.05, 0.1) is 17.3 Å². The minimum absolute atomic E-state index is 0.0649. The highest BCUT2D eigenvalue weighted by Crippen LogP contribution is 2.19. The highest BCUT2D eigenvalue weighted by atomic mass is 32.1. The van der Waals surface area contributed by atoms with Crippen LogP contribution >= 0.6 is 11.3 Å². The number of amides is 1. The first kappa shape index (κ1) is 15.4. The zero-order chi connectivity index (χ0) is 16.4. The zero-order valence-electron chi connectivity index (χ0n) is 12.6. The van der Waals surface area contributed by atoms with Crippen LogP contribution in [0, 0.1) is 6.92 Å². The Morgan fingerprint density at radius 3 is 2.39 bits per heavy atom. The second kappa shape index (κ2) is 6.33. The topological polar surface area (TPSA) is 86.6 Å². The monoisotopic (exact) mass is 332 g/mol. The summed E-state index contributed by atoms with van der Waals surface area (Å²) >= 11 is 1.51. The molecule has 1 aliphatic heterocycles. The fourth-order valence-corrected chi connectivity index (χ4v) is 3.27. The average Bonchev–Trinajstić information content (AvgIpc) is 3.01. The molecule has 0 spiro atoms. The largest absolute Gasteiger partial charge is 0.476 e. The van der Waals surface area contributed by atoms with E-state index in [1.165, 1.54) is 23.7 Å². The number of hydrogen-bond donors (Lipinski definition) is 1. The van der Waals surface area contributed by atoms with Gasteiger partial charge in [0.1, 0.15) is 5.82 Å². The maximum atomic E-state index is 12.4. The third-order valence-electron chi connectivity index (χ3n) is 3.70. The number of carbonyl (C=O) groups is 2. The van der Waals surface area contributed by atoms with Gasteiger partial charge >= 0.3 is 5.97 Å². The van der Waals surface area contributed by atoms with Crippen molar-refractivity contribution < 1.29 is 14.7 Å². The van der Waals surface area contributed by atoms with Crippen LogP contribution in [-0.2, 0) is 0 Å². The van der Waals surface area contributed by atoms with E-state index in [9.17, 15) is 9.59 Å². The second-order valence-electron chi connectivity index (χ2n) is 5.25. The SMILES string of the molecule is Cc1ccc(C(=O)N2CCN(c3cnc(C(=O)O)cn3)CC2)s1. The van der Waals surface area contributed by atoms with Crippen molar-refractivity contribution in [1.29, 1.82) is 0 Å². The summed E-state index contributed by atoms with van der Waals surface area (Å²) in [4.78, 5) is 36.9. The molecule has 1 N–H and O–H groups in total. The standard InChI is InChI=1S/C15H16N4O3S/c1-10-2-3-12(23-10)14(20)19-6-4-18(5-7-19)13-9-16-11(8-17-13)15(21)22/h2-3,8-9H,4-7H2,1H3,(H,21,22). The lowest BCUT2D eigenvalue weighted by Crippen LogP contribution is -2.49. The van der Waals surface area contributed by atoms with Gasteiger partial charge in [0.2, 0.25) is 0 Å². The van der Waals surface area contributed by atoms with Crippen LogP contribution in [0.2, 0.25) is 0 Å². The molecule has 3 heterocycles. The van der Waals surface area contributed by atoms with Crippen molar-refractivity contribution in [3.05, 3.63) is 40.0 Å². The van der Waals surface area contributed by atoms with Gasteiger partial charge in [-0.05, 0) is 19.1 Å². The molecule has 2 aromatic rings. The normalized spacial score (nSPS) is 14.8. The molecule has 3 rings (SSSR count). The van der Waals surface area contributed by atoms with E-state index >= 15 is 0 Å². The smallest absolute Gasteiger partial charge is 0.356 e. The molecule has 1 amide bonds. The Morgan fingerprint density at radius 2 is 1.87 bits per heavy atom. The van der Waals surface area contributed by atoms with Crippen molar-refractivity contribution in [3.63, 3.8) is 0 Å². The number of hydrogen-bond acceptors (Lipinski definition) is 6. The molecule has 1 saturated heterocycles. The number of carboxylic acid groups (broad SMARTS) is 1. The van der Waals surface area contributed by atoms with Crippen LogP contribution in [0.3, 0.4) is 0 Å². The van der Waals surface area contributed by atoms with Crippen LogP contribution < -0.4 is 4.90 Å². The highest BCUT2D eigenvalue weighted by molar-refractivity contribution is 7.13. The first-order valence-electron chi connectivity index (χ1n) is 7.20. The molecule has 7 nitrogen and oxygen atoms in total. The maximum Gasteiger partial charge on any atom is 0.356 e. The second-order valence-corrected chi connectivity index (χ2v) is 6.54. The molecule has 0 atom stereocenters. The summed E-state index contributed by atoms with van der Waals surface area (Å²) in [6.45, 7) is 4.50. The van der Waals surface area contributed by atoms with Gasteiger partial charge in [-0.2, -0.15) is 0 Å². The molecule has 0 aromatic carbocycles. The molecular formula is C15H16N4O3S. The number of piperazine rings is 1. The Balaban J connectivity index is 1.61. The summed E-state index contributed by atoms with van der Waals surface area (Å²) in [6, 6.07) is 3.82. The van der Waals surface area contributed by atoms with Gasteiger partial charge in [-0.3, -0.25) is 4.79 Å². The molecule has 0 unspecified atom stereocenters. The molecule has 0 saturated carbocycles. The minimum Gasteiger partial charge on any atom is -0.476 e. The number of anilines is 1. The summed E-state index contributed by atoms with van der Waals surface area (Å²) in [5, 5.41) is 8.83. The van der Waals surface area contributed by atoms with Gasteiger partial charge in [0.15, 0.2) is 5.69 Å². The number of aryl methyl sites for hydroxylation is 1. The van der Waals surface area contributed by atoms with E-state index in [1.54, 1.807) is 0 Å². The van der Waals surface area contributed by atoms with Crippen LogP contribution in [0.1, 0.15) is 25.0 Å². The van der Waals surface area contributed by atoms with Gasteiger partial charge < -0.3 is 14.9 Å². The van der Waals surface area contributed by atoms with Crippen LogP contribution in [0.15, 0.2) is 24.5 Å². The summed E-state index contributed by atoms with van der Waals surface area (Å²) in [5.74, 6) is -0.394. The zero-order valence-corrected chi connectivity index (χ0v) is 13.4. The lowest BCUT2D eigenvalue weighted by molar-refractivity contribution is 0.0688. The average molecular weight is 332 g/mol. The summed E-state index contributed by atoms with van der Waals surface area (Å²) < 4.78 is 0. The van der Waals surface area contributed by atoms with E-state index in [4.69, 9.17) is 5.11 Å². The van der Waals surface area contributed by atoms with Gasteiger partial charge in [-0.1, -0.05) is 0 Å². The van der Waals surface area contributed by atoms with E-state index in [2.05, 4.69) is 9.97 Å². The molecule has 1 aliphatic rings. The van der Waals surface area contributed by atoms with Crippen molar-refractivity contribution in [2.45, 2.75) is 6.92 Å². The Kier molecular flexibility index (Phi) is 4.24. The third kappa shape index (κ3) is 3.31. The predicted molar refractivity (Wildman–Crippen MR) is 86.2 cm³/mol. The van der Waals surface area contributed by atoms with Gasteiger partial charge in [0.25, 0.3) is 5.91 Å². The van der Waals surface area contributed by atoms with Crippen LogP contribution in [0.5, 0.6) is 0 Å². The number of carboxylic acids is 1. The number of aromatic nitrogens is 2. The maximum absolute atomic E-state index is 12.4. The van der Waals surface area contributed by atoms with Gasteiger partial charge in [-0.15, -0.1) is 11.3 Å². The summed E-state index contributed by atoms with van der Waals surface area (Å²) in [6.07, 6.45) is 2.72. The molecule has 0 radical (unpaired) electrons. The molecule has 0 bridgehead atoms. The number of nitrogens with zero attached hydrogens (tertiary/aromatic N) is 4. The number of rotatable bonds is 3. The van der Waals surface area contributed by atoms with E-state index in [0.29, 0.717) is 32.0 Å². The first-order chi connectivity index (χ1) is 11.0. The van der Waals surface area contributed by atoms with E-state index in [1.807, 2.05) is 28.9 Å². The minimum atomic E-state index is -1.09. The third-order valence-corrected chi connectivity index (χ3v) is 4.69. The Morgan fingerprint density at radius 1 is 1.13 bits per heavy atom. The lowest BCUT2D eigenvalue weighted by Gasteiger charge is -2.35. The van der Waals surface area contributed by atoms with Crippen molar-refractivity contribution in [2.24, 2.45) is 0 Å². The number of carbonyl (C=O) groups excluding carboxylic acids is 1. The van der Waals surface area contributed by atoms with Gasteiger partial charge in [-0.25, -0.2) is 14.8 Å². The summed E-state index contributed by atoms with van der Waals surface area (Å²) in [5.41, 5.74) is -0.0735. The highest BCUT2D eigenvalue weighted by Gasteiger charge is 2.24. The molecule has 8 heteroatoms. The van der Waals surface area contributed by atoms with Crippen LogP contribution in [0.4, 0.5) is 5.82 Å². The molecule has 1 fully saturated rings. The van der Waals surface area contributed by atoms with E-state index < -0.39 is 5.97 Å². The Labute approximate surface area is 137 Å². The Bertz CT molecular complexity index is 721. The molecule has 0 aliphatic carbocycles. The van der Waals surface area contributed by atoms with Crippen molar-refractivity contribution in [3.8, 4) is 0 Å². The first-order valence-corrected chi connectivity index (χ1v) is 8.02. The van der Waals surface area contributed by atoms with E-state index in [-0.39, 0.29) is 11.6 Å². The summed E-state index contributed by atoms with van der Waals surface area (Å²) in [7, 11) is 0. The van der Waals surface area contributed by atoms with Crippen molar-refractivity contribution >= 4 is 29.0 Å².